The van der Waals surface area contributed by atoms with Crippen LogP contribution in [0, 0.1) is 5.92 Å². The van der Waals surface area contributed by atoms with Gasteiger partial charge in [0.2, 0.25) is 0 Å². The Labute approximate surface area is 161 Å². The summed E-state index contributed by atoms with van der Waals surface area (Å²) in [5, 5.41) is 5.75. The molecule has 0 aliphatic carbocycles. The van der Waals surface area contributed by atoms with Crippen molar-refractivity contribution in [2.45, 2.75) is 40.2 Å². The van der Waals surface area contributed by atoms with Gasteiger partial charge in [0.15, 0.2) is 0 Å². The van der Waals surface area contributed by atoms with Crippen LogP contribution >= 0.6 is 0 Å². The molecule has 0 fully saturated rings. The van der Waals surface area contributed by atoms with Crippen LogP contribution < -0.4 is 15.4 Å². The number of para-hydroxylation sites is 2. The van der Waals surface area contributed by atoms with Gasteiger partial charge < -0.3 is 15.4 Å². The maximum Gasteiger partial charge on any atom is 0.255 e. The fourth-order valence-electron chi connectivity index (χ4n) is 2.47. The normalized spacial score (nSPS) is 10.7. The molecule has 2 amide bonds. The lowest BCUT2D eigenvalue weighted by Crippen LogP contribution is -2.25. The van der Waals surface area contributed by atoms with Crippen molar-refractivity contribution < 1.29 is 14.3 Å². The highest BCUT2D eigenvalue weighted by molar-refractivity contribution is 6.05. The summed E-state index contributed by atoms with van der Waals surface area (Å²) in [6, 6.07) is 13.9. The summed E-state index contributed by atoms with van der Waals surface area (Å²) in [4.78, 5) is 24.6. The smallest absolute Gasteiger partial charge is 0.255 e. The molecule has 5 nitrogen and oxygen atoms in total. The average molecular weight is 368 g/mol. The van der Waals surface area contributed by atoms with Crippen molar-refractivity contribution in [3.63, 3.8) is 0 Å². The van der Waals surface area contributed by atoms with Gasteiger partial charge in [-0.3, -0.25) is 9.59 Å². The van der Waals surface area contributed by atoms with E-state index in [1.54, 1.807) is 30.3 Å². The van der Waals surface area contributed by atoms with E-state index in [-0.39, 0.29) is 17.9 Å². The van der Waals surface area contributed by atoms with Crippen LogP contribution in [0.3, 0.4) is 0 Å². The Morgan fingerprint density at radius 1 is 0.889 bits per heavy atom. The number of rotatable bonds is 8. The van der Waals surface area contributed by atoms with Gasteiger partial charge in [-0.15, -0.1) is 0 Å². The fraction of sp³-hybridized carbons (Fsp3) is 0.364. The second-order valence-electron chi connectivity index (χ2n) is 7.13. The van der Waals surface area contributed by atoms with Crippen molar-refractivity contribution in [1.29, 1.82) is 0 Å². The Morgan fingerprint density at radius 2 is 1.48 bits per heavy atom. The molecule has 0 heterocycles. The first-order chi connectivity index (χ1) is 12.9. The molecule has 0 atom stereocenters. The maximum atomic E-state index is 12.5. The fourth-order valence-corrected chi connectivity index (χ4v) is 2.47. The largest absolute Gasteiger partial charge is 0.489 e. The van der Waals surface area contributed by atoms with E-state index in [9.17, 15) is 9.59 Å². The Hall–Kier alpha value is -2.82. The Bertz CT molecular complexity index is 767. The lowest BCUT2D eigenvalue weighted by molar-refractivity contribution is 0.0950. The molecule has 2 aromatic carbocycles. The maximum absolute atomic E-state index is 12.5. The molecule has 5 heteroatoms. The second-order valence-corrected chi connectivity index (χ2v) is 7.13. The van der Waals surface area contributed by atoms with Crippen molar-refractivity contribution >= 4 is 17.5 Å². The third-order valence-corrected chi connectivity index (χ3v) is 3.91. The molecular weight excluding hydrogens is 340 g/mol. The summed E-state index contributed by atoms with van der Waals surface area (Å²) in [7, 11) is 0. The number of hydrogen-bond donors (Lipinski definition) is 2. The molecule has 0 bridgehead atoms. The molecule has 2 rings (SSSR count). The van der Waals surface area contributed by atoms with Gasteiger partial charge in [-0.05, 0) is 62.6 Å². The van der Waals surface area contributed by atoms with Crippen molar-refractivity contribution in [1.82, 2.24) is 5.32 Å². The monoisotopic (exact) mass is 368 g/mol. The van der Waals surface area contributed by atoms with E-state index in [2.05, 4.69) is 24.5 Å². The van der Waals surface area contributed by atoms with Crippen LogP contribution in [0.4, 0.5) is 5.69 Å². The quantitative estimate of drug-likeness (QED) is 0.721. The minimum atomic E-state index is -0.249. The van der Waals surface area contributed by atoms with Gasteiger partial charge in [-0.2, -0.15) is 0 Å². The summed E-state index contributed by atoms with van der Waals surface area (Å²) in [6.45, 7) is 8.74. The van der Waals surface area contributed by atoms with Gasteiger partial charge in [0, 0.05) is 17.7 Å². The Morgan fingerprint density at radius 3 is 2.07 bits per heavy atom. The van der Waals surface area contributed by atoms with Crippen LogP contribution in [0.15, 0.2) is 48.5 Å². The molecule has 0 aliphatic rings. The van der Waals surface area contributed by atoms with E-state index >= 15 is 0 Å². The van der Waals surface area contributed by atoms with E-state index in [1.807, 2.05) is 32.0 Å². The summed E-state index contributed by atoms with van der Waals surface area (Å²) < 4.78 is 5.72. The van der Waals surface area contributed by atoms with Gasteiger partial charge in [0.25, 0.3) is 11.8 Å². The average Bonchev–Trinajstić information content (AvgIpc) is 2.62. The molecule has 2 aromatic rings. The third-order valence-electron chi connectivity index (χ3n) is 3.91. The van der Waals surface area contributed by atoms with E-state index in [1.165, 1.54) is 0 Å². The summed E-state index contributed by atoms with van der Waals surface area (Å²) >= 11 is 0. The standard InChI is InChI=1S/C22H28N2O3/c1-15(2)13-14-23-21(25)17-9-11-18(12-10-17)22(26)24-19-7-5-6-8-20(19)27-16(3)4/h5-12,15-16H,13-14H2,1-4H3,(H,23,25)(H,24,26). The highest BCUT2D eigenvalue weighted by atomic mass is 16.5. The van der Waals surface area contributed by atoms with Gasteiger partial charge in [0.05, 0.1) is 11.8 Å². The Balaban J connectivity index is 2.01. The number of anilines is 1. The first-order valence-corrected chi connectivity index (χ1v) is 9.32. The topological polar surface area (TPSA) is 67.4 Å². The van der Waals surface area contributed by atoms with Crippen molar-refractivity contribution in [2.75, 3.05) is 11.9 Å². The van der Waals surface area contributed by atoms with Crippen LogP contribution in [0.2, 0.25) is 0 Å². The van der Waals surface area contributed by atoms with Gasteiger partial charge in [-0.1, -0.05) is 26.0 Å². The van der Waals surface area contributed by atoms with Gasteiger partial charge in [0.1, 0.15) is 5.75 Å². The second kappa shape index (κ2) is 9.76. The zero-order chi connectivity index (χ0) is 19.8. The van der Waals surface area contributed by atoms with Crippen LogP contribution in [0.5, 0.6) is 5.75 Å². The van der Waals surface area contributed by atoms with Crippen molar-refractivity contribution in [2.24, 2.45) is 5.92 Å². The molecule has 0 aromatic heterocycles. The highest BCUT2D eigenvalue weighted by Crippen LogP contribution is 2.25. The molecule has 0 saturated carbocycles. The molecule has 0 spiro atoms. The van der Waals surface area contributed by atoms with E-state index in [0.717, 1.165) is 6.42 Å². The molecule has 2 N–H and O–H groups in total. The molecule has 144 valence electrons. The van der Waals surface area contributed by atoms with E-state index in [0.29, 0.717) is 35.0 Å². The number of ether oxygens (including phenoxy) is 1. The van der Waals surface area contributed by atoms with Crippen LogP contribution in [0.1, 0.15) is 54.8 Å². The Kier molecular flexibility index (Phi) is 7.41. The van der Waals surface area contributed by atoms with Crippen LogP contribution in [0.25, 0.3) is 0 Å². The summed E-state index contributed by atoms with van der Waals surface area (Å²) in [5.41, 5.74) is 1.64. The van der Waals surface area contributed by atoms with Gasteiger partial charge in [-0.25, -0.2) is 0 Å². The van der Waals surface area contributed by atoms with Crippen molar-refractivity contribution in [3.05, 3.63) is 59.7 Å². The van der Waals surface area contributed by atoms with E-state index < -0.39 is 0 Å². The number of benzene rings is 2. The summed E-state index contributed by atoms with van der Waals surface area (Å²) in [6.07, 6.45) is 0.945. The number of carbonyl (C=O) groups is 2. The molecule has 0 saturated heterocycles. The lowest BCUT2D eigenvalue weighted by Gasteiger charge is -2.15. The molecule has 0 unspecified atom stereocenters. The third kappa shape index (κ3) is 6.44. The van der Waals surface area contributed by atoms with Crippen molar-refractivity contribution in [3.8, 4) is 5.75 Å². The predicted molar refractivity (Wildman–Crippen MR) is 108 cm³/mol. The van der Waals surface area contributed by atoms with E-state index in [4.69, 9.17) is 4.74 Å². The minimum absolute atomic E-state index is 0.0107. The first-order valence-electron chi connectivity index (χ1n) is 9.32. The van der Waals surface area contributed by atoms with Gasteiger partial charge >= 0.3 is 0 Å². The molecule has 27 heavy (non-hydrogen) atoms. The first kappa shape index (κ1) is 20.5. The lowest BCUT2D eigenvalue weighted by atomic mass is 10.1. The number of carbonyl (C=O) groups excluding carboxylic acids is 2. The zero-order valence-electron chi connectivity index (χ0n) is 16.4. The molecular formula is C22H28N2O3. The van der Waals surface area contributed by atoms with Crippen LogP contribution in [-0.4, -0.2) is 24.5 Å². The highest BCUT2D eigenvalue weighted by Gasteiger charge is 2.12. The zero-order valence-corrected chi connectivity index (χ0v) is 16.4. The molecule has 0 aliphatic heterocycles. The minimum Gasteiger partial charge on any atom is -0.489 e. The SMILES string of the molecule is CC(C)CCNC(=O)c1ccc(C(=O)Nc2ccccc2OC(C)C)cc1. The molecule has 0 radical (unpaired) electrons. The summed E-state index contributed by atoms with van der Waals surface area (Å²) in [5.74, 6) is 0.792. The number of hydrogen-bond acceptors (Lipinski definition) is 3. The predicted octanol–water partition coefficient (Wildman–Crippen LogP) is 4.50. The van der Waals surface area contributed by atoms with Crippen LogP contribution in [-0.2, 0) is 0 Å². The number of amides is 2. The number of nitrogens with one attached hydrogen (secondary N) is 2.